The minimum absolute atomic E-state index is 0.100. The zero-order chi connectivity index (χ0) is 22.2. The number of amides is 3. The summed E-state index contributed by atoms with van der Waals surface area (Å²) >= 11 is 0. The van der Waals surface area contributed by atoms with E-state index in [0.29, 0.717) is 30.6 Å². The Bertz CT molecular complexity index is 903. The van der Waals surface area contributed by atoms with Crippen LogP contribution in [-0.2, 0) is 22.7 Å². The zero-order valence-corrected chi connectivity index (χ0v) is 18.6. The van der Waals surface area contributed by atoms with Crippen molar-refractivity contribution in [1.82, 2.24) is 20.0 Å². The van der Waals surface area contributed by atoms with Crippen LogP contribution in [0.1, 0.15) is 60.0 Å². The fourth-order valence-corrected chi connectivity index (χ4v) is 5.79. The van der Waals surface area contributed by atoms with E-state index in [0.717, 1.165) is 51.1 Å². The van der Waals surface area contributed by atoms with Crippen LogP contribution in [0.25, 0.3) is 0 Å². The maximum absolute atomic E-state index is 13.0. The molecule has 1 aromatic carbocycles. The summed E-state index contributed by atoms with van der Waals surface area (Å²) in [7, 11) is 0. The van der Waals surface area contributed by atoms with Crippen molar-refractivity contribution in [3.05, 3.63) is 34.9 Å². The summed E-state index contributed by atoms with van der Waals surface area (Å²) < 4.78 is 0. The summed E-state index contributed by atoms with van der Waals surface area (Å²) in [5.74, 6) is -0.716. The highest BCUT2D eigenvalue weighted by Crippen LogP contribution is 2.31. The first-order valence-corrected chi connectivity index (χ1v) is 12.0. The van der Waals surface area contributed by atoms with Gasteiger partial charge >= 0.3 is 0 Å². The molecule has 2 saturated heterocycles. The number of rotatable bonds is 4. The molecule has 3 aliphatic heterocycles. The summed E-state index contributed by atoms with van der Waals surface area (Å²) in [6, 6.07) is 6.41. The average Bonchev–Trinajstić information content (AvgIpc) is 3.12. The SMILES string of the molecule is NC1CCC(N2CCN(Cc3cccc4c3CN(C3CCC(=O)NC3=O)C4=O)CC2)CC1. The minimum atomic E-state index is -0.562. The molecular weight excluding hydrogens is 406 g/mol. The second-order valence-electron chi connectivity index (χ2n) is 9.72. The fourth-order valence-electron chi connectivity index (χ4n) is 5.79. The molecule has 1 aromatic rings. The number of hydrogen-bond donors (Lipinski definition) is 2. The van der Waals surface area contributed by atoms with E-state index in [1.54, 1.807) is 4.90 Å². The zero-order valence-electron chi connectivity index (χ0n) is 18.6. The van der Waals surface area contributed by atoms with Crippen LogP contribution in [0.4, 0.5) is 0 Å². The second-order valence-corrected chi connectivity index (χ2v) is 9.72. The largest absolute Gasteiger partial charge is 0.328 e. The second kappa shape index (κ2) is 8.92. The molecule has 0 radical (unpaired) electrons. The van der Waals surface area contributed by atoms with Crippen molar-refractivity contribution in [2.75, 3.05) is 26.2 Å². The van der Waals surface area contributed by atoms with Crippen LogP contribution < -0.4 is 11.1 Å². The Labute approximate surface area is 189 Å². The number of piperazine rings is 1. The molecule has 0 spiro atoms. The van der Waals surface area contributed by atoms with Crippen LogP contribution in [0.5, 0.6) is 0 Å². The number of piperidine rings is 1. The Morgan fingerprint density at radius 3 is 2.44 bits per heavy atom. The van der Waals surface area contributed by atoms with Crippen molar-refractivity contribution in [3.63, 3.8) is 0 Å². The number of fused-ring (bicyclic) bond motifs is 1. The van der Waals surface area contributed by atoms with Crippen LogP contribution in [0.2, 0.25) is 0 Å². The maximum Gasteiger partial charge on any atom is 0.255 e. The molecule has 32 heavy (non-hydrogen) atoms. The van der Waals surface area contributed by atoms with Gasteiger partial charge in [0.2, 0.25) is 11.8 Å². The Morgan fingerprint density at radius 1 is 0.969 bits per heavy atom. The monoisotopic (exact) mass is 439 g/mol. The van der Waals surface area contributed by atoms with Crippen LogP contribution >= 0.6 is 0 Å². The van der Waals surface area contributed by atoms with Gasteiger partial charge in [-0.1, -0.05) is 12.1 Å². The maximum atomic E-state index is 13.0. The summed E-state index contributed by atoms with van der Waals surface area (Å²) in [4.78, 5) is 43.6. The standard InChI is InChI=1S/C24H33N5O3/c25-17-4-6-18(7-5-17)28-12-10-27(11-13-28)14-16-2-1-3-19-20(16)15-29(24(19)32)21-8-9-22(30)26-23(21)31/h1-3,17-18,21H,4-15,25H2,(H,26,30,31). The van der Waals surface area contributed by atoms with Crippen molar-refractivity contribution < 1.29 is 14.4 Å². The smallest absolute Gasteiger partial charge is 0.255 e. The van der Waals surface area contributed by atoms with Crippen LogP contribution in [-0.4, -0.2) is 76.7 Å². The summed E-state index contributed by atoms with van der Waals surface area (Å²) in [6.45, 7) is 5.47. The Morgan fingerprint density at radius 2 is 1.72 bits per heavy atom. The van der Waals surface area contributed by atoms with E-state index in [1.807, 2.05) is 12.1 Å². The van der Waals surface area contributed by atoms with E-state index in [4.69, 9.17) is 5.73 Å². The van der Waals surface area contributed by atoms with Gasteiger partial charge in [-0.15, -0.1) is 0 Å². The molecule has 0 aromatic heterocycles. The molecule has 1 aliphatic carbocycles. The first kappa shape index (κ1) is 21.6. The lowest BCUT2D eigenvalue weighted by Crippen LogP contribution is -2.52. The van der Waals surface area contributed by atoms with Gasteiger partial charge in [0, 0.05) is 63.3 Å². The van der Waals surface area contributed by atoms with Crippen molar-refractivity contribution >= 4 is 17.7 Å². The van der Waals surface area contributed by atoms with Crippen LogP contribution in [0.3, 0.4) is 0 Å². The summed E-state index contributed by atoms with van der Waals surface area (Å²) in [6.07, 6.45) is 5.38. The molecule has 1 atom stereocenters. The number of carbonyl (C=O) groups excluding carboxylic acids is 3. The predicted octanol–water partition coefficient (Wildman–Crippen LogP) is 0.835. The number of nitrogens with two attached hydrogens (primary N) is 1. The van der Waals surface area contributed by atoms with E-state index in [2.05, 4.69) is 21.2 Å². The Hall–Kier alpha value is -2.29. The van der Waals surface area contributed by atoms with E-state index in [1.165, 1.54) is 18.4 Å². The van der Waals surface area contributed by atoms with E-state index in [9.17, 15) is 14.4 Å². The van der Waals surface area contributed by atoms with Crippen molar-refractivity contribution in [3.8, 4) is 0 Å². The van der Waals surface area contributed by atoms with Gasteiger partial charge in [0.15, 0.2) is 0 Å². The quantitative estimate of drug-likeness (QED) is 0.675. The molecule has 4 aliphatic rings. The number of hydrogen-bond acceptors (Lipinski definition) is 6. The van der Waals surface area contributed by atoms with E-state index >= 15 is 0 Å². The first-order chi connectivity index (χ1) is 15.5. The van der Waals surface area contributed by atoms with Crippen molar-refractivity contribution in [2.24, 2.45) is 5.73 Å². The normalized spacial score (nSPS) is 29.8. The molecule has 1 saturated carbocycles. The van der Waals surface area contributed by atoms with Gasteiger partial charge in [-0.25, -0.2) is 0 Å². The molecule has 3 amide bonds. The molecule has 3 fully saturated rings. The minimum Gasteiger partial charge on any atom is -0.328 e. The highest BCUT2D eigenvalue weighted by Gasteiger charge is 2.40. The molecule has 3 heterocycles. The topological polar surface area (TPSA) is 99.0 Å². The lowest BCUT2D eigenvalue weighted by Gasteiger charge is -2.41. The molecule has 5 rings (SSSR count). The van der Waals surface area contributed by atoms with Gasteiger partial charge in [0.05, 0.1) is 0 Å². The predicted molar refractivity (Wildman–Crippen MR) is 120 cm³/mol. The highest BCUT2D eigenvalue weighted by molar-refractivity contribution is 6.05. The lowest BCUT2D eigenvalue weighted by atomic mass is 9.90. The van der Waals surface area contributed by atoms with Gasteiger partial charge in [0.25, 0.3) is 5.91 Å². The Balaban J connectivity index is 1.22. The number of carbonyl (C=O) groups is 3. The third-order valence-electron chi connectivity index (χ3n) is 7.74. The van der Waals surface area contributed by atoms with E-state index in [-0.39, 0.29) is 24.1 Å². The fraction of sp³-hybridized carbons (Fsp3) is 0.625. The highest BCUT2D eigenvalue weighted by atomic mass is 16.2. The molecule has 8 heteroatoms. The van der Waals surface area contributed by atoms with Crippen molar-refractivity contribution in [2.45, 2.75) is 69.7 Å². The van der Waals surface area contributed by atoms with Gasteiger partial charge in [0.1, 0.15) is 6.04 Å². The molecule has 3 N–H and O–H groups in total. The summed E-state index contributed by atoms with van der Waals surface area (Å²) in [5, 5.41) is 2.38. The van der Waals surface area contributed by atoms with Gasteiger partial charge in [-0.2, -0.15) is 0 Å². The number of benzene rings is 1. The molecule has 8 nitrogen and oxygen atoms in total. The molecular formula is C24H33N5O3. The number of nitrogens with zero attached hydrogens (tertiary/aromatic N) is 3. The van der Waals surface area contributed by atoms with E-state index < -0.39 is 6.04 Å². The van der Waals surface area contributed by atoms with Crippen molar-refractivity contribution in [1.29, 1.82) is 0 Å². The third kappa shape index (κ3) is 4.19. The van der Waals surface area contributed by atoms with Gasteiger partial charge < -0.3 is 10.6 Å². The average molecular weight is 440 g/mol. The van der Waals surface area contributed by atoms with Crippen LogP contribution in [0.15, 0.2) is 18.2 Å². The first-order valence-electron chi connectivity index (χ1n) is 12.0. The van der Waals surface area contributed by atoms with Gasteiger partial charge in [-0.3, -0.25) is 29.5 Å². The molecule has 1 unspecified atom stereocenters. The Kier molecular flexibility index (Phi) is 6.01. The number of imide groups is 1. The molecule has 172 valence electrons. The summed E-state index contributed by atoms with van der Waals surface area (Å²) in [5.41, 5.74) is 8.97. The van der Waals surface area contributed by atoms with Gasteiger partial charge in [-0.05, 0) is 49.3 Å². The third-order valence-corrected chi connectivity index (χ3v) is 7.74. The van der Waals surface area contributed by atoms with Crippen LogP contribution in [0, 0.1) is 0 Å². The lowest BCUT2D eigenvalue weighted by molar-refractivity contribution is -0.136. The molecule has 0 bridgehead atoms. The number of nitrogens with one attached hydrogen (secondary N) is 1.